The first-order chi connectivity index (χ1) is 8.11. The van der Waals surface area contributed by atoms with Gasteiger partial charge in [0.15, 0.2) is 0 Å². The molecule has 0 saturated heterocycles. The highest BCUT2D eigenvalue weighted by atomic mass is 15.3. The van der Waals surface area contributed by atoms with Gasteiger partial charge in [-0.1, -0.05) is 0 Å². The Balaban J connectivity index is 2.24. The topological polar surface area (TPSA) is 61.7 Å². The Morgan fingerprint density at radius 3 is 2.71 bits per heavy atom. The van der Waals surface area contributed by atoms with Crippen LogP contribution < -0.4 is 5.73 Å². The maximum Gasteiger partial charge on any atom is 0.0693 e. The molecule has 0 aliphatic rings. The Labute approximate surface area is 101 Å². The van der Waals surface area contributed by atoms with Crippen LogP contribution in [0.15, 0.2) is 12.4 Å². The molecule has 2 heterocycles. The minimum atomic E-state index is 0.667. The highest BCUT2D eigenvalue weighted by Crippen LogP contribution is 2.14. The van der Waals surface area contributed by atoms with Crippen LogP contribution in [0.4, 0.5) is 0 Å². The number of aromatic nitrogens is 4. The summed E-state index contributed by atoms with van der Waals surface area (Å²) in [4.78, 5) is 0. The number of aryl methyl sites for hydroxylation is 2. The zero-order valence-electron chi connectivity index (χ0n) is 10.6. The number of hydrogen-bond acceptors (Lipinski definition) is 3. The zero-order valence-corrected chi connectivity index (χ0v) is 10.6. The summed E-state index contributed by atoms with van der Waals surface area (Å²) in [7, 11) is 1.92. The molecule has 0 unspecified atom stereocenters. The van der Waals surface area contributed by atoms with Crippen molar-refractivity contribution < 1.29 is 0 Å². The van der Waals surface area contributed by atoms with E-state index in [9.17, 15) is 0 Å². The Morgan fingerprint density at radius 1 is 1.35 bits per heavy atom. The van der Waals surface area contributed by atoms with E-state index in [1.807, 2.05) is 35.7 Å². The molecule has 0 aromatic carbocycles. The van der Waals surface area contributed by atoms with Gasteiger partial charge in [-0.05, 0) is 32.4 Å². The molecular formula is C12H19N5. The Hall–Kier alpha value is -1.62. The molecular weight excluding hydrogens is 214 g/mol. The molecule has 0 bridgehead atoms. The molecule has 2 aromatic rings. The van der Waals surface area contributed by atoms with Gasteiger partial charge in [-0.2, -0.15) is 10.2 Å². The summed E-state index contributed by atoms with van der Waals surface area (Å²) < 4.78 is 3.83. The SMILES string of the molecule is Cc1nn(Cc2cnn(C)c2)c(C)c1CCN. The summed E-state index contributed by atoms with van der Waals surface area (Å²) in [6.45, 7) is 5.57. The van der Waals surface area contributed by atoms with Gasteiger partial charge in [0.2, 0.25) is 0 Å². The molecule has 0 radical (unpaired) electrons. The second kappa shape index (κ2) is 4.71. The lowest BCUT2D eigenvalue weighted by atomic mass is 10.1. The molecule has 0 amide bonds. The third-order valence-electron chi connectivity index (χ3n) is 3.02. The Morgan fingerprint density at radius 2 is 2.12 bits per heavy atom. The summed E-state index contributed by atoms with van der Waals surface area (Å²) >= 11 is 0. The van der Waals surface area contributed by atoms with Crippen molar-refractivity contribution >= 4 is 0 Å². The highest BCUT2D eigenvalue weighted by Gasteiger charge is 2.11. The third-order valence-corrected chi connectivity index (χ3v) is 3.02. The number of rotatable bonds is 4. The summed E-state index contributed by atoms with van der Waals surface area (Å²) in [6, 6.07) is 0. The third kappa shape index (κ3) is 2.39. The summed E-state index contributed by atoms with van der Waals surface area (Å²) in [5, 5.41) is 8.72. The van der Waals surface area contributed by atoms with Gasteiger partial charge < -0.3 is 5.73 Å². The molecule has 2 rings (SSSR count). The van der Waals surface area contributed by atoms with Gasteiger partial charge >= 0.3 is 0 Å². The molecule has 92 valence electrons. The van der Waals surface area contributed by atoms with Crippen molar-refractivity contribution in [1.29, 1.82) is 0 Å². The van der Waals surface area contributed by atoms with E-state index >= 15 is 0 Å². The van der Waals surface area contributed by atoms with E-state index in [-0.39, 0.29) is 0 Å². The van der Waals surface area contributed by atoms with E-state index in [0.717, 1.165) is 24.2 Å². The molecule has 2 aromatic heterocycles. The van der Waals surface area contributed by atoms with Crippen molar-refractivity contribution in [3.8, 4) is 0 Å². The molecule has 0 fully saturated rings. The van der Waals surface area contributed by atoms with Gasteiger partial charge in [0, 0.05) is 24.5 Å². The van der Waals surface area contributed by atoms with Gasteiger partial charge in [-0.25, -0.2) is 0 Å². The van der Waals surface area contributed by atoms with Crippen LogP contribution in [0, 0.1) is 13.8 Å². The molecule has 2 N–H and O–H groups in total. The Kier molecular flexibility index (Phi) is 3.28. The zero-order chi connectivity index (χ0) is 12.4. The Bertz CT molecular complexity index is 509. The summed E-state index contributed by atoms with van der Waals surface area (Å²) in [5.74, 6) is 0. The minimum absolute atomic E-state index is 0.667. The fourth-order valence-electron chi connectivity index (χ4n) is 2.12. The van der Waals surface area contributed by atoms with Crippen molar-refractivity contribution in [1.82, 2.24) is 19.6 Å². The van der Waals surface area contributed by atoms with E-state index in [0.29, 0.717) is 6.54 Å². The number of nitrogens with two attached hydrogens (primary N) is 1. The van der Waals surface area contributed by atoms with Crippen LogP contribution >= 0.6 is 0 Å². The molecule has 17 heavy (non-hydrogen) atoms. The van der Waals surface area contributed by atoms with Crippen LogP contribution in [-0.2, 0) is 20.0 Å². The lowest BCUT2D eigenvalue weighted by Crippen LogP contribution is -2.06. The lowest BCUT2D eigenvalue weighted by Gasteiger charge is -2.03. The molecule has 0 saturated carbocycles. The van der Waals surface area contributed by atoms with Crippen LogP contribution in [0.3, 0.4) is 0 Å². The van der Waals surface area contributed by atoms with E-state index in [2.05, 4.69) is 17.1 Å². The van der Waals surface area contributed by atoms with Gasteiger partial charge in [-0.15, -0.1) is 0 Å². The van der Waals surface area contributed by atoms with Crippen molar-refractivity contribution in [2.45, 2.75) is 26.8 Å². The average molecular weight is 233 g/mol. The highest BCUT2D eigenvalue weighted by molar-refractivity contribution is 5.25. The van der Waals surface area contributed by atoms with Crippen LogP contribution in [0.2, 0.25) is 0 Å². The molecule has 5 nitrogen and oxygen atoms in total. The maximum absolute atomic E-state index is 5.61. The van der Waals surface area contributed by atoms with Gasteiger partial charge in [0.25, 0.3) is 0 Å². The monoisotopic (exact) mass is 233 g/mol. The first kappa shape index (κ1) is 11.9. The predicted octanol–water partition coefficient (Wildman–Crippen LogP) is 0.783. The quantitative estimate of drug-likeness (QED) is 0.849. The van der Waals surface area contributed by atoms with E-state index in [4.69, 9.17) is 5.73 Å². The van der Waals surface area contributed by atoms with E-state index < -0.39 is 0 Å². The standard InChI is InChI=1S/C12H19N5/c1-9-12(4-5-13)10(2)17(15-9)8-11-6-14-16(3)7-11/h6-7H,4-5,8,13H2,1-3H3. The fourth-order valence-corrected chi connectivity index (χ4v) is 2.12. The van der Waals surface area contributed by atoms with Crippen LogP contribution in [-0.4, -0.2) is 26.1 Å². The molecule has 0 atom stereocenters. The minimum Gasteiger partial charge on any atom is -0.330 e. The van der Waals surface area contributed by atoms with Crippen molar-refractivity contribution in [2.75, 3.05) is 6.54 Å². The van der Waals surface area contributed by atoms with E-state index in [1.165, 1.54) is 11.3 Å². The second-order valence-corrected chi connectivity index (χ2v) is 4.37. The van der Waals surface area contributed by atoms with Gasteiger partial charge in [-0.3, -0.25) is 9.36 Å². The van der Waals surface area contributed by atoms with Crippen LogP contribution in [0.5, 0.6) is 0 Å². The van der Waals surface area contributed by atoms with Crippen LogP contribution in [0.25, 0.3) is 0 Å². The second-order valence-electron chi connectivity index (χ2n) is 4.37. The molecule has 5 heteroatoms. The van der Waals surface area contributed by atoms with Gasteiger partial charge in [0.05, 0.1) is 18.4 Å². The van der Waals surface area contributed by atoms with Crippen molar-refractivity contribution in [3.63, 3.8) is 0 Å². The molecule has 0 aliphatic heterocycles. The number of nitrogens with zero attached hydrogens (tertiary/aromatic N) is 4. The first-order valence-electron chi connectivity index (χ1n) is 5.82. The maximum atomic E-state index is 5.61. The molecule has 0 aliphatic carbocycles. The average Bonchev–Trinajstić information content (AvgIpc) is 2.79. The summed E-state index contributed by atoms with van der Waals surface area (Å²) in [6.07, 6.45) is 4.78. The fraction of sp³-hybridized carbons (Fsp3) is 0.500. The van der Waals surface area contributed by atoms with Gasteiger partial charge in [0.1, 0.15) is 0 Å². The normalized spacial score (nSPS) is 11.1. The van der Waals surface area contributed by atoms with Crippen LogP contribution in [0.1, 0.15) is 22.5 Å². The smallest absolute Gasteiger partial charge is 0.0693 e. The summed E-state index contributed by atoms with van der Waals surface area (Å²) in [5.41, 5.74) is 10.3. The number of hydrogen-bond donors (Lipinski definition) is 1. The van der Waals surface area contributed by atoms with E-state index in [1.54, 1.807) is 0 Å². The lowest BCUT2D eigenvalue weighted by molar-refractivity contribution is 0.657. The first-order valence-corrected chi connectivity index (χ1v) is 5.82. The molecule has 0 spiro atoms. The predicted molar refractivity (Wildman–Crippen MR) is 66.8 cm³/mol. The largest absolute Gasteiger partial charge is 0.330 e. The van der Waals surface area contributed by atoms with Crippen molar-refractivity contribution in [2.24, 2.45) is 12.8 Å². The van der Waals surface area contributed by atoms with Crippen molar-refractivity contribution in [3.05, 3.63) is 34.9 Å².